The molecule has 1 saturated heterocycles. The number of nitrogens with zero attached hydrogens (tertiary/aromatic N) is 3. The molecule has 1 N–H and O–H groups in total. The maximum absolute atomic E-state index is 13.9. The minimum atomic E-state index is -0.922. The molecule has 5 nitrogen and oxygen atoms in total. The van der Waals surface area contributed by atoms with Crippen molar-refractivity contribution in [2.45, 2.75) is 76.9 Å². The van der Waals surface area contributed by atoms with E-state index in [0.29, 0.717) is 23.8 Å². The van der Waals surface area contributed by atoms with Crippen LogP contribution in [0.3, 0.4) is 0 Å². The van der Waals surface area contributed by atoms with E-state index >= 15 is 0 Å². The van der Waals surface area contributed by atoms with Crippen LogP contribution in [0.2, 0.25) is 0 Å². The summed E-state index contributed by atoms with van der Waals surface area (Å²) in [6.07, 6.45) is 7.77. The average Bonchev–Trinajstić information content (AvgIpc) is 3.40. The number of likely N-dealkylation sites (tertiary alicyclic amines) is 1. The van der Waals surface area contributed by atoms with Gasteiger partial charge in [0.1, 0.15) is 0 Å². The van der Waals surface area contributed by atoms with Crippen LogP contribution >= 0.6 is 0 Å². The Kier molecular flexibility index (Phi) is 5.78. The molecule has 1 aromatic heterocycles. The summed E-state index contributed by atoms with van der Waals surface area (Å²) in [6, 6.07) is 3.77. The van der Waals surface area contributed by atoms with Crippen LogP contribution in [0, 0.1) is 23.5 Å². The molecule has 2 fully saturated rings. The molecule has 0 spiro atoms. The van der Waals surface area contributed by atoms with E-state index in [1.807, 2.05) is 4.90 Å². The Balaban J connectivity index is 1.49. The van der Waals surface area contributed by atoms with E-state index in [2.05, 4.69) is 12.0 Å². The summed E-state index contributed by atoms with van der Waals surface area (Å²) >= 11 is 0. The Labute approximate surface area is 187 Å². The largest absolute Gasteiger partial charge is 0.393 e. The lowest BCUT2D eigenvalue weighted by Crippen LogP contribution is -2.52. The SMILES string of the molecule is CC1CCC(O)C(C2CCCCN2C(=O)c2nn(-c3ccc(F)c(F)c3)c3c2CCC3)C1. The summed E-state index contributed by atoms with van der Waals surface area (Å²) < 4.78 is 29.0. The van der Waals surface area contributed by atoms with E-state index in [4.69, 9.17) is 0 Å². The highest BCUT2D eigenvalue weighted by Gasteiger charge is 2.41. The Bertz CT molecular complexity index is 1020. The maximum atomic E-state index is 13.9. The molecule has 7 heteroatoms. The first-order chi connectivity index (χ1) is 15.4. The fraction of sp³-hybridized carbons (Fsp3) is 0.600. The molecule has 1 aromatic carbocycles. The van der Waals surface area contributed by atoms with Crippen LogP contribution in [0.15, 0.2) is 18.2 Å². The molecule has 1 aliphatic heterocycles. The van der Waals surface area contributed by atoms with Gasteiger partial charge in [0.05, 0.1) is 11.8 Å². The quantitative estimate of drug-likeness (QED) is 0.764. The van der Waals surface area contributed by atoms with Crippen molar-refractivity contribution in [3.05, 3.63) is 46.8 Å². The van der Waals surface area contributed by atoms with E-state index in [9.17, 15) is 18.7 Å². The van der Waals surface area contributed by atoms with Crippen molar-refractivity contribution in [2.24, 2.45) is 11.8 Å². The lowest BCUT2D eigenvalue weighted by atomic mass is 9.74. The van der Waals surface area contributed by atoms with Crippen LogP contribution in [0.4, 0.5) is 8.78 Å². The van der Waals surface area contributed by atoms with Gasteiger partial charge in [0, 0.05) is 35.8 Å². The van der Waals surface area contributed by atoms with Crippen molar-refractivity contribution in [2.75, 3.05) is 6.54 Å². The standard InChI is InChI=1S/C25H31F2N3O2/c1-15-8-11-23(31)18(13-15)21-6-2-3-12-29(21)25(32)24-17-5-4-7-22(17)30(28-24)16-9-10-19(26)20(27)14-16/h9-10,14-15,18,21,23,31H,2-8,11-13H2,1H3. The summed E-state index contributed by atoms with van der Waals surface area (Å²) in [5, 5.41) is 15.4. The zero-order valence-corrected chi connectivity index (χ0v) is 18.6. The third kappa shape index (κ3) is 3.74. The van der Waals surface area contributed by atoms with Crippen LogP contribution in [-0.2, 0) is 12.8 Å². The van der Waals surface area contributed by atoms with E-state index in [1.165, 1.54) is 6.07 Å². The summed E-state index contributed by atoms with van der Waals surface area (Å²) in [5.41, 5.74) is 2.72. The van der Waals surface area contributed by atoms with Gasteiger partial charge in [0.15, 0.2) is 17.3 Å². The zero-order valence-electron chi connectivity index (χ0n) is 18.6. The number of piperidine rings is 1. The fourth-order valence-electron chi connectivity index (χ4n) is 6.05. The molecular formula is C25H31F2N3O2. The highest BCUT2D eigenvalue weighted by atomic mass is 19.2. The van der Waals surface area contributed by atoms with Gasteiger partial charge in [-0.05, 0) is 75.8 Å². The van der Waals surface area contributed by atoms with Crippen molar-refractivity contribution < 1.29 is 18.7 Å². The van der Waals surface area contributed by atoms with Gasteiger partial charge in [-0.25, -0.2) is 13.5 Å². The van der Waals surface area contributed by atoms with Crippen molar-refractivity contribution >= 4 is 5.91 Å². The fourth-order valence-corrected chi connectivity index (χ4v) is 6.05. The van der Waals surface area contributed by atoms with Gasteiger partial charge in [-0.1, -0.05) is 6.92 Å². The summed E-state index contributed by atoms with van der Waals surface area (Å²) in [4.78, 5) is 15.8. The highest BCUT2D eigenvalue weighted by Crippen LogP contribution is 2.38. The number of carbonyl (C=O) groups is 1. The van der Waals surface area contributed by atoms with Crippen LogP contribution in [-0.4, -0.2) is 44.4 Å². The van der Waals surface area contributed by atoms with E-state index in [-0.39, 0.29) is 24.0 Å². The van der Waals surface area contributed by atoms with Crippen molar-refractivity contribution in [1.82, 2.24) is 14.7 Å². The van der Waals surface area contributed by atoms with E-state index < -0.39 is 11.6 Å². The molecule has 3 aliphatic rings. The molecule has 2 aromatic rings. The maximum Gasteiger partial charge on any atom is 0.274 e. The molecule has 4 unspecified atom stereocenters. The predicted octanol–water partition coefficient (Wildman–Crippen LogP) is 4.43. The van der Waals surface area contributed by atoms with E-state index in [1.54, 1.807) is 4.68 Å². The third-order valence-corrected chi connectivity index (χ3v) is 7.71. The first-order valence-corrected chi connectivity index (χ1v) is 12.0. The lowest BCUT2D eigenvalue weighted by molar-refractivity contribution is -0.0123. The Morgan fingerprint density at radius 1 is 1.09 bits per heavy atom. The molecule has 0 radical (unpaired) electrons. The smallest absolute Gasteiger partial charge is 0.274 e. The van der Waals surface area contributed by atoms with Crippen molar-refractivity contribution in [1.29, 1.82) is 0 Å². The number of carbonyl (C=O) groups excluding carboxylic acids is 1. The van der Waals surface area contributed by atoms with Gasteiger partial charge >= 0.3 is 0 Å². The van der Waals surface area contributed by atoms with Crippen LogP contribution in [0.5, 0.6) is 0 Å². The van der Waals surface area contributed by atoms with Crippen LogP contribution in [0.1, 0.15) is 73.6 Å². The van der Waals surface area contributed by atoms with Crippen LogP contribution in [0.25, 0.3) is 5.69 Å². The number of hydrogen-bond donors (Lipinski definition) is 1. The third-order valence-electron chi connectivity index (χ3n) is 7.71. The molecular weight excluding hydrogens is 412 g/mol. The number of amides is 1. The van der Waals surface area contributed by atoms with Gasteiger partial charge in [-0.2, -0.15) is 5.10 Å². The molecule has 32 heavy (non-hydrogen) atoms. The summed E-state index contributed by atoms with van der Waals surface area (Å²) in [5.74, 6) is -1.25. The molecule has 2 aliphatic carbocycles. The average molecular weight is 444 g/mol. The Hall–Kier alpha value is -2.28. The minimum Gasteiger partial charge on any atom is -0.393 e. The number of halogens is 2. The topological polar surface area (TPSA) is 58.4 Å². The first kappa shape index (κ1) is 21.6. The number of aromatic nitrogens is 2. The Morgan fingerprint density at radius 3 is 2.75 bits per heavy atom. The highest BCUT2D eigenvalue weighted by molar-refractivity contribution is 5.94. The van der Waals surface area contributed by atoms with Gasteiger partial charge in [0.2, 0.25) is 0 Å². The number of fused-ring (bicyclic) bond motifs is 1. The molecule has 1 amide bonds. The van der Waals surface area contributed by atoms with E-state index in [0.717, 1.165) is 81.2 Å². The summed E-state index contributed by atoms with van der Waals surface area (Å²) in [6.45, 7) is 2.90. The van der Waals surface area contributed by atoms with Crippen molar-refractivity contribution in [3.63, 3.8) is 0 Å². The number of aliphatic hydroxyl groups is 1. The lowest BCUT2D eigenvalue weighted by Gasteiger charge is -2.44. The molecule has 5 rings (SSSR count). The van der Waals surface area contributed by atoms with Gasteiger partial charge in [-0.15, -0.1) is 0 Å². The number of aliphatic hydroxyl groups excluding tert-OH is 1. The molecule has 1 saturated carbocycles. The predicted molar refractivity (Wildman–Crippen MR) is 117 cm³/mol. The summed E-state index contributed by atoms with van der Waals surface area (Å²) in [7, 11) is 0. The molecule has 172 valence electrons. The minimum absolute atomic E-state index is 0.0273. The van der Waals surface area contributed by atoms with Crippen LogP contribution < -0.4 is 0 Å². The number of hydrogen-bond acceptors (Lipinski definition) is 3. The van der Waals surface area contributed by atoms with Gasteiger partial charge in [-0.3, -0.25) is 4.79 Å². The van der Waals surface area contributed by atoms with Gasteiger partial charge < -0.3 is 10.0 Å². The zero-order chi connectivity index (χ0) is 22.4. The second-order valence-corrected chi connectivity index (χ2v) is 9.85. The molecule has 4 atom stereocenters. The van der Waals surface area contributed by atoms with Crippen molar-refractivity contribution in [3.8, 4) is 5.69 Å². The monoisotopic (exact) mass is 443 g/mol. The number of benzene rings is 1. The normalized spacial score (nSPS) is 28.1. The molecule has 0 bridgehead atoms. The molecule has 2 heterocycles. The Morgan fingerprint density at radius 2 is 1.94 bits per heavy atom. The second kappa shape index (κ2) is 8.58. The number of rotatable bonds is 3. The first-order valence-electron chi connectivity index (χ1n) is 12.0. The second-order valence-electron chi connectivity index (χ2n) is 9.85. The van der Waals surface area contributed by atoms with Gasteiger partial charge in [0.25, 0.3) is 5.91 Å².